The van der Waals surface area contributed by atoms with Gasteiger partial charge in [0, 0.05) is 35.9 Å². The molecule has 1 unspecified atom stereocenters. The maximum atomic E-state index is 6.21. The molecule has 1 atom stereocenters. The standard InChI is InChI=1S/C18H29ClN2/c1-13(2)14-8-9-21(12-14)17-7-6-16(19)10-15(17)11-20-18(3,4)5/h6-7,10,13-14,20H,8-9,11-12H2,1-5H3. The Morgan fingerprint density at radius 1 is 1.33 bits per heavy atom. The molecule has 1 aliphatic heterocycles. The lowest BCUT2D eigenvalue weighted by molar-refractivity contribution is 0.421. The number of halogens is 1. The Morgan fingerprint density at radius 2 is 2.05 bits per heavy atom. The molecule has 0 amide bonds. The van der Waals surface area contributed by atoms with Gasteiger partial charge in [-0.1, -0.05) is 25.4 Å². The lowest BCUT2D eigenvalue weighted by Gasteiger charge is -2.26. The van der Waals surface area contributed by atoms with Gasteiger partial charge in [-0.15, -0.1) is 0 Å². The minimum absolute atomic E-state index is 0.116. The van der Waals surface area contributed by atoms with Gasteiger partial charge in [0.05, 0.1) is 0 Å². The molecular formula is C18H29ClN2. The van der Waals surface area contributed by atoms with Crippen LogP contribution < -0.4 is 10.2 Å². The fourth-order valence-electron chi connectivity index (χ4n) is 2.91. The van der Waals surface area contributed by atoms with Crippen LogP contribution >= 0.6 is 11.6 Å². The minimum atomic E-state index is 0.116. The molecule has 2 rings (SSSR count). The highest BCUT2D eigenvalue weighted by atomic mass is 35.5. The molecular weight excluding hydrogens is 280 g/mol. The van der Waals surface area contributed by atoms with E-state index in [0.29, 0.717) is 0 Å². The molecule has 0 spiro atoms. The number of rotatable bonds is 4. The van der Waals surface area contributed by atoms with Crippen LogP contribution in [0, 0.1) is 11.8 Å². The number of nitrogens with one attached hydrogen (secondary N) is 1. The number of benzene rings is 1. The normalized spacial score (nSPS) is 19.6. The summed E-state index contributed by atoms with van der Waals surface area (Å²) < 4.78 is 0. The van der Waals surface area contributed by atoms with Crippen LogP contribution in [0.5, 0.6) is 0 Å². The first-order valence-electron chi connectivity index (χ1n) is 8.04. The summed E-state index contributed by atoms with van der Waals surface area (Å²) in [5, 5.41) is 4.40. The summed E-state index contributed by atoms with van der Waals surface area (Å²) >= 11 is 6.21. The van der Waals surface area contributed by atoms with Crippen molar-refractivity contribution in [1.82, 2.24) is 5.32 Å². The van der Waals surface area contributed by atoms with Crippen LogP contribution in [0.25, 0.3) is 0 Å². The minimum Gasteiger partial charge on any atom is -0.371 e. The van der Waals surface area contributed by atoms with Crippen LogP contribution in [0.3, 0.4) is 0 Å². The van der Waals surface area contributed by atoms with Crippen LogP contribution in [0.4, 0.5) is 5.69 Å². The van der Waals surface area contributed by atoms with Gasteiger partial charge in [0.1, 0.15) is 0 Å². The second kappa shape index (κ2) is 6.58. The van der Waals surface area contributed by atoms with Crippen molar-refractivity contribution in [3.63, 3.8) is 0 Å². The zero-order valence-electron chi connectivity index (χ0n) is 14.0. The Hall–Kier alpha value is -0.730. The van der Waals surface area contributed by atoms with E-state index in [1.807, 2.05) is 6.07 Å². The first-order valence-corrected chi connectivity index (χ1v) is 8.42. The molecule has 118 valence electrons. The predicted octanol–water partition coefficient (Wildman–Crippen LogP) is 4.71. The van der Waals surface area contributed by atoms with Crippen molar-refractivity contribution >= 4 is 17.3 Å². The van der Waals surface area contributed by atoms with Gasteiger partial charge in [-0.2, -0.15) is 0 Å². The SMILES string of the molecule is CC(C)C1CCN(c2ccc(Cl)cc2CNC(C)(C)C)C1. The summed E-state index contributed by atoms with van der Waals surface area (Å²) in [6, 6.07) is 6.31. The van der Waals surface area contributed by atoms with E-state index in [-0.39, 0.29) is 5.54 Å². The zero-order valence-corrected chi connectivity index (χ0v) is 14.8. The van der Waals surface area contributed by atoms with Crippen molar-refractivity contribution in [2.75, 3.05) is 18.0 Å². The van der Waals surface area contributed by atoms with Crippen molar-refractivity contribution in [1.29, 1.82) is 0 Å². The molecule has 1 aliphatic rings. The zero-order chi connectivity index (χ0) is 15.6. The van der Waals surface area contributed by atoms with E-state index >= 15 is 0 Å². The molecule has 21 heavy (non-hydrogen) atoms. The van der Waals surface area contributed by atoms with Crippen LogP contribution in [-0.2, 0) is 6.54 Å². The van der Waals surface area contributed by atoms with Crippen molar-refractivity contribution in [3.8, 4) is 0 Å². The van der Waals surface area contributed by atoms with E-state index in [1.165, 1.54) is 24.2 Å². The van der Waals surface area contributed by atoms with E-state index in [1.54, 1.807) is 0 Å². The van der Waals surface area contributed by atoms with Gasteiger partial charge in [0.25, 0.3) is 0 Å². The van der Waals surface area contributed by atoms with Gasteiger partial charge in [-0.25, -0.2) is 0 Å². The van der Waals surface area contributed by atoms with Crippen LogP contribution in [0.15, 0.2) is 18.2 Å². The van der Waals surface area contributed by atoms with E-state index in [4.69, 9.17) is 11.6 Å². The second-order valence-electron chi connectivity index (χ2n) is 7.62. The summed E-state index contributed by atoms with van der Waals surface area (Å²) in [6.45, 7) is 14.4. The van der Waals surface area contributed by atoms with Crippen molar-refractivity contribution in [2.24, 2.45) is 11.8 Å². The van der Waals surface area contributed by atoms with Gasteiger partial charge in [0.2, 0.25) is 0 Å². The summed E-state index contributed by atoms with van der Waals surface area (Å²) in [6.07, 6.45) is 1.30. The van der Waals surface area contributed by atoms with Gasteiger partial charge in [-0.3, -0.25) is 0 Å². The number of anilines is 1. The van der Waals surface area contributed by atoms with Crippen molar-refractivity contribution < 1.29 is 0 Å². The van der Waals surface area contributed by atoms with Crippen LogP contribution in [0.1, 0.15) is 46.6 Å². The third-order valence-corrected chi connectivity index (χ3v) is 4.59. The average Bonchev–Trinajstić information content (AvgIpc) is 2.85. The molecule has 1 fully saturated rings. The molecule has 1 heterocycles. The van der Waals surface area contributed by atoms with Crippen LogP contribution in [-0.4, -0.2) is 18.6 Å². The topological polar surface area (TPSA) is 15.3 Å². The Kier molecular flexibility index (Phi) is 5.21. The average molecular weight is 309 g/mol. The van der Waals surface area contributed by atoms with Gasteiger partial charge < -0.3 is 10.2 Å². The van der Waals surface area contributed by atoms with E-state index < -0.39 is 0 Å². The third kappa shape index (κ3) is 4.62. The van der Waals surface area contributed by atoms with Gasteiger partial charge in [0.15, 0.2) is 0 Å². The summed E-state index contributed by atoms with van der Waals surface area (Å²) in [5.74, 6) is 1.57. The monoisotopic (exact) mass is 308 g/mol. The van der Waals surface area contributed by atoms with E-state index in [0.717, 1.165) is 29.9 Å². The Bertz CT molecular complexity index is 477. The molecule has 2 nitrogen and oxygen atoms in total. The predicted molar refractivity (Wildman–Crippen MR) is 93.2 cm³/mol. The molecule has 0 aliphatic carbocycles. The fraction of sp³-hybridized carbons (Fsp3) is 0.667. The van der Waals surface area contributed by atoms with Gasteiger partial charge >= 0.3 is 0 Å². The number of hydrogen-bond acceptors (Lipinski definition) is 2. The van der Waals surface area contributed by atoms with Gasteiger partial charge in [-0.05, 0) is 62.8 Å². The first-order chi connectivity index (χ1) is 9.76. The van der Waals surface area contributed by atoms with Crippen molar-refractivity contribution in [2.45, 2.75) is 53.1 Å². The van der Waals surface area contributed by atoms with Crippen LogP contribution in [0.2, 0.25) is 5.02 Å². The summed E-state index contributed by atoms with van der Waals surface area (Å²) in [5.41, 5.74) is 2.77. The number of nitrogens with zero attached hydrogens (tertiary/aromatic N) is 1. The highest BCUT2D eigenvalue weighted by Crippen LogP contribution is 2.32. The number of hydrogen-bond donors (Lipinski definition) is 1. The quantitative estimate of drug-likeness (QED) is 0.866. The molecule has 0 saturated carbocycles. The summed E-state index contributed by atoms with van der Waals surface area (Å²) in [7, 11) is 0. The smallest absolute Gasteiger partial charge is 0.0412 e. The Balaban J connectivity index is 2.15. The maximum absolute atomic E-state index is 6.21. The molecule has 0 aromatic heterocycles. The molecule has 1 saturated heterocycles. The lowest BCUT2D eigenvalue weighted by atomic mass is 9.95. The second-order valence-corrected chi connectivity index (χ2v) is 8.05. The Morgan fingerprint density at radius 3 is 2.62 bits per heavy atom. The highest BCUT2D eigenvalue weighted by Gasteiger charge is 2.26. The molecule has 1 aromatic carbocycles. The van der Waals surface area contributed by atoms with E-state index in [2.05, 4.69) is 57.0 Å². The molecule has 0 bridgehead atoms. The molecule has 3 heteroatoms. The largest absolute Gasteiger partial charge is 0.371 e. The van der Waals surface area contributed by atoms with Crippen molar-refractivity contribution in [3.05, 3.63) is 28.8 Å². The molecule has 1 N–H and O–H groups in total. The Labute approximate surface area is 134 Å². The highest BCUT2D eigenvalue weighted by molar-refractivity contribution is 6.30. The first kappa shape index (κ1) is 16.6. The summed E-state index contributed by atoms with van der Waals surface area (Å²) in [4.78, 5) is 2.53. The fourth-order valence-corrected chi connectivity index (χ4v) is 3.11. The molecule has 1 aromatic rings. The third-order valence-electron chi connectivity index (χ3n) is 4.36. The lowest BCUT2D eigenvalue weighted by Crippen LogP contribution is -2.35. The molecule has 0 radical (unpaired) electrons. The maximum Gasteiger partial charge on any atom is 0.0412 e. The van der Waals surface area contributed by atoms with E-state index in [9.17, 15) is 0 Å².